The van der Waals surface area contributed by atoms with Crippen molar-refractivity contribution in [2.45, 2.75) is 59.1 Å². The zero-order valence-corrected chi connectivity index (χ0v) is 13.8. The summed E-state index contributed by atoms with van der Waals surface area (Å²) in [5.74, 6) is 0.324. The Morgan fingerprint density at radius 3 is 2.29 bits per heavy atom. The van der Waals surface area contributed by atoms with Crippen LogP contribution in [-0.2, 0) is 9.47 Å². The predicted molar refractivity (Wildman–Crippen MR) is 80.2 cm³/mol. The monoisotopic (exact) mass is 300 g/mol. The maximum atomic E-state index is 11.9. The third-order valence-corrected chi connectivity index (χ3v) is 3.02. The molecule has 122 valence electrons. The Hall–Kier alpha value is -1.46. The van der Waals surface area contributed by atoms with E-state index in [1.807, 2.05) is 34.6 Å². The molecule has 0 aromatic rings. The van der Waals surface area contributed by atoms with Crippen LogP contribution in [-0.4, -0.2) is 48.4 Å². The number of hydrogen-bond donors (Lipinski definition) is 1. The summed E-state index contributed by atoms with van der Waals surface area (Å²) in [6.07, 6.45) is 0.772. The van der Waals surface area contributed by atoms with Crippen molar-refractivity contribution in [1.29, 1.82) is 0 Å². The van der Waals surface area contributed by atoms with Crippen LogP contribution in [0.5, 0.6) is 0 Å². The molecule has 1 heterocycles. The highest BCUT2D eigenvalue weighted by molar-refractivity contribution is 5.69. The van der Waals surface area contributed by atoms with Crippen molar-refractivity contribution in [2.24, 2.45) is 5.92 Å². The molecular formula is C15H28N2O4. The van der Waals surface area contributed by atoms with E-state index in [0.29, 0.717) is 25.6 Å². The number of alkyl carbamates (subject to hydrolysis) is 1. The third-order valence-electron chi connectivity index (χ3n) is 3.02. The molecule has 21 heavy (non-hydrogen) atoms. The maximum Gasteiger partial charge on any atom is 0.410 e. The van der Waals surface area contributed by atoms with Crippen LogP contribution < -0.4 is 5.32 Å². The van der Waals surface area contributed by atoms with Crippen molar-refractivity contribution >= 4 is 12.2 Å². The Morgan fingerprint density at radius 2 is 1.81 bits per heavy atom. The van der Waals surface area contributed by atoms with E-state index >= 15 is 0 Å². The van der Waals surface area contributed by atoms with Crippen molar-refractivity contribution in [2.75, 3.05) is 19.7 Å². The summed E-state index contributed by atoms with van der Waals surface area (Å²) in [4.78, 5) is 25.2. The summed E-state index contributed by atoms with van der Waals surface area (Å²) in [6, 6.07) is 0.0587. The van der Waals surface area contributed by atoms with Gasteiger partial charge < -0.3 is 19.7 Å². The van der Waals surface area contributed by atoms with Gasteiger partial charge in [0.05, 0.1) is 6.61 Å². The summed E-state index contributed by atoms with van der Waals surface area (Å²) < 4.78 is 10.4. The fourth-order valence-corrected chi connectivity index (χ4v) is 1.98. The van der Waals surface area contributed by atoms with Crippen molar-refractivity contribution in [1.82, 2.24) is 10.2 Å². The highest BCUT2D eigenvalue weighted by atomic mass is 16.6. The zero-order valence-electron chi connectivity index (χ0n) is 13.8. The Balaban J connectivity index is 2.29. The first-order valence-corrected chi connectivity index (χ1v) is 7.58. The van der Waals surface area contributed by atoms with Crippen LogP contribution in [0.3, 0.4) is 0 Å². The van der Waals surface area contributed by atoms with Gasteiger partial charge in [0.15, 0.2) is 0 Å². The van der Waals surface area contributed by atoms with Gasteiger partial charge in [0.2, 0.25) is 0 Å². The van der Waals surface area contributed by atoms with Gasteiger partial charge in [-0.3, -0.25) is 0 Å². The molecule has 0 spiro atoms. The van der Waals surface area contributed by atoms with Crippen LogP contribution in [0, 0.1) is 5.92 Å². The van der Waals surface area contributed by atoms with E-state index in [-0.39, 0.29) is 18.2 Å². The molecular weight excluding hydrogens is 272 g/mol. The zero-order chi connectivity index (χ0) is 16.0. The molecule has 0 aromatic carbocycles. The minimum atomic E-state index is -0.479. The van der Waals surface area contributed by atoms with E-state index in [1.165, 1.54) is 0 Å². The van der Waals surface area contributed by atoms with Gasteiger partial charge in [-0.2, -0.15) is 0 Å². The van der Waals surface area contributed by atoms with Gasteiger partial charge >= 0.3 is 12.2 Å². The van der Waals surface area contributed by atoms with E-state index in [9.17, 15) is 9.59 Å². The number of nitrogens with zero attached hydrogens (tertiary/aromatic N) is 1. The second kappa shape index (κ2) is 7.52. The molecule has 0 aromatic heterocycles. The lowest BCUT2D eigenvalue weighted by Gasteiger charge is -2.33. The van der Waals surface area contributed by atoms with Gasteiger partial charge in [0.25, 0.3) is 0 Å². The Bertz CT molecular complexity index is 355. The highest BCUT2D eigenvalue weighted by Gasteiger charge is 2.27. The predicted octanol–water partition coefficient (Wildman–Crippen LogP) is 2.77. The van der Waals surface area contributed by atoms with Crippen LogP contribution in [0.15, 0.2) is 0 Å². The number of likely N-dealkylation sites (tertiary alicyclic amines) is 1. The van der Waals surface area contributed by atoms with Crippen molar-refractivity contribution in [3.63, 3.8) is 0 Å². The minimum absolute atomic E-state index is 0.0587. The second-order valence-corrected chi connectivity index (χ2v) is 6.88. The molecule has 1 aliphatic heterocycles. The fraction of sp³-hybridized carbons (Fsp3) is 0.867. The van der Waals surface area contributed by atoms with Crippen molar-refractivity contribution < 1.29 is 19.1 Å². The standard InChI is InChI=1S/C15H28N2O4/c1-11(2)10-20-13(18)16-12-6-8-17(9-7-12)14(19)21-15(3,4)5/h11-12H,6-10H2,1-5H3,(H,16,18). The molecule has 1 N–H and O–H groups in total. The summed E-state index contributed by atoms with van der Waals surface area (Å²) in [7, 11) is 0. The average molecular weight is 300 g/mol. The van der Waals surface area contributed by atoms with Gasteiger partial charge in [0.1, 0.15) is 5.60 Å². The molecule has 1 fully saturated rings. The number of carbonyl (C=O) groups excluding carboxylic acids is 2. The molecule has 6 nitrogen and oxygen atoms in total. The van der Waals surface area contributed by atoms with Crippen LogP contribution >= 0.6 is 0 Å². The summed E-state index contributed by atoms with van der Waals surface area (Å²) >= 11 is 0. The molecule has 6 heteroatoms. The van der Waals surface area contributed by atoms with Crippen LogP contribution in [0.1, 0.15) is 47.5 Å². The van der Waals surface area contributed by atoms with Crippen LogP contribution in [0.4, 0.5) is 9.59 Å². The molecule has 1 rings (SSSR count). The lowest BCUT2D eigenvalue weighted by Crippen LogP contribution is -2.48. The molecule has 1 aliphatic rings. The molecule has 0 bridgehead atoms. The number of rotatable bonds is 3. The van der Waals surface area contributed by atoms with Crippen LogP contribution in [0.25, 0.3) is 0 Å². The lowest BCUT2D eigenvalue weighted by molar-refractivity contribution is 0.0198. The third kappa shape index (κ3) is 7.20. The minimum Gasteiger partial charge on any atom is -0.449 e. The largest absolute Gasteiger partial charge is 0.449 e. The number of amides is 2. The Morgan fingerprint density at radius 1 is 1.24 bits per heavy atom. The summed E-state index contributed by atoms with van der Waals surface area (Å²) in [5, 5.41) is 2.84. The van der Waals surface area contributed by atoms with Gasteiger partial charge in [-0.25, -0.2) is 9.59 Å². The summed E-state index contributed by atoms with van der Waals surface area (Å²) in [6.45, 7) is 11.1. The molecule has 0 saturated carbocycles. The van der Waals surface area contributed by atoms with E-state index in [1.54, 1.807) is 4.90 Å². The highest BCUT2D eigenvalue weighted by Crippen LogP contribution is 2.15. The molecule has 0 radical (unpaired) electrons. The van der Waals surface area contributed by atoms with Crippen molar-refractivity contribution in [3.05, 3.63) is 0 Å². The van der Waals surface area contributed by atoms with E-state index in [4.69, 9.17) is 9.47 Å². The number of piperidine rings is 1. The molecule has 2 amide bonds. The van der Waals surface area contributed by atoms with Crippen LogP contribution in [0.2, 0.25) is 0 Å². The summed E-state index contributed by atoms with van der Waals surface area (Å²) in [5.41, 5.74) is -0.479. The number of ether oxygens (including phenoxy) is 2. The second-order valence-electron chi connectivity index (χ2n) is 6.88. The lowest BCUT2D eigenvalue weighted by atomic mass is 10.1. The molecule has 1 saturated heterocycles. The molecule has 0 unspecified atom stereocenters. The normalized spacial score (nSPS) is 16.8. The first kappa shape index (κ1) is 17.6. The van der Waals surface area contributed by atoms with Gasteiger partial charge in [0, 0.05) is 19.1 Å². The quantitative estimate of drug-likeness (QED) is 0.870. The first-order valence-electron chi connectivity index (χ1n) is 7.58. The van der Waals surface area contributed by atoms with Gasteiger partial charge in [-0.1, -0.05) is 13.8 Å². The van der Waals surface area contributed by atoms with E-state index < -0.39 is 5.60 Å². The van der Waals surface area contributed by atoms with E-state index in [2.05, 4.69) is 5.32 Å². The van der Waals surface area contributed by atoms with Gasteiger partial charge in [-0.15, -0.1) is 0 Å². The van der Waals surface area contributed by atoms with E-state index in [0.717, 1.165) is 12.8 Å². The first-order chi connectivity index (χ1) is 9.67. The Labute approximate surface area is 127 Å². The topological polar surface area (TPSA) is 67.9 Å². The maximum absolute atomic E-state index is 11.9. The molecule has 0 atom stereocenters. The number of hydrogen-bond acceptors (Lipinski definition) is 4. The smallest absolute Gasteiger partial charge is 0.410 e. The van der Waals surface area contributed by atoms with Crippen molar-refractivity contribution in [3.8, 4) is 0 Å². The number of nitrogens with one attached hydrogen (secondary N) is 1. The fourth-order valence-electron chi connectivity index (χ4n) is 1.98. The molecule has 0 aliphatic carbocycles. The number of carbonyl (C=O) groups is 2. The Kier molecular flexibility index (Phi) is 6.30. The average Bonchev–Trinajstić information content (AvgIpc) is 2.35. The van der Waals surface area contributed by atoms with Gasteiger partial charge in [-0.05, 0) is 39.5 Å². The SMILES string of the molecule is CC(C)COC(=O)NC1CCN(C(=O)OC(C)(C)C)CC1.